The number of rotatable bonds is 4. The Labute approximate surface area is 154 Å². The zero-order valence-corrected chi connectivity index (χ0v) is 14.9. The highest BCUT2D eigenvalue weighted by Gasteiger charge is 2.36. The minimum atomic E-state index is -0.347. The lowest BCUT2D eigenvalue weighted by Crippen LogP contribution is -2.23. The monoisotopic (exact) mass is 365 g/mol. The van der Waals surface area contributed by atoms with Gasteiger partial charge in [0.1, 0.15) is 17.2 Å². The second-order valence-electron chi connectivity index (χ2n) is 5.88. The molecule has 0 spiro atoms. The van der Waals surface area contributed by atoms with Gasteiger partial charge >= 0.3 is 0 Å². The molecule has 0 aliphatic heterocycles. The predicted molar refractivity (Wildman–Crippen MR) is 94.9 cm³/mol. The first-order chi connectivity index (χ1) is 13.1. The minimum absolute atomic E-state index is 0.196. The summed E-state index contributed by atoms with van der Waals surface area (Å²) >= 11 is 0. The first kappa shape index (κ1) is 16.8. The molecule has 1 aromatic heterocycles. The van der Waals surface area contributed by atoms with Crippen molar-refractivity contribution in [3.05, 3.63) is 59.1 Å². The summed E-state index contributed by atoms with van der Waals surface area (Å²) in [7, 11) is 4.36. The smallest absolute Gasteiger partial charge is 0.201 e. The third-order valence-corrected chi connectivity index (χ3v) is 4.51. The highest BCUT2D eigenvalue weighted by Crippen LogP contribution is 2.41. The Bertz CT molecular complexity index is 1070. The van der Waals surface area contributed by atoms with Gasteiger partial charge in [-0.25, -0.2) is 4.98 Å². The summed E-state index contributed by atoms with van der Waals surface area (Å²) in [5.41, 5.74) is 1.43. The van der Waals surface area contributed by atoms with Crippen LogP contribution >= 0.6 is 0 Å². The Morgan fingerprint density at radius 1 is 0.815 bits per heavy atom. The molecule has 0 radical (unpaired) electrons. The van der Waals surface area contributed by atoms with Crippen LogP contribution in [0.4, 0.5) is 0 Å². The number of carbonyl (C=O) groups excluding carboxylic acids is 2. The number of methoxy groups -OCH3 is 3. The molecule has 0 fully saturated rings. The number of ketones is 2. The minimum Gasteiger partial charge on any atom is -0.497 e. The van der Waals surface area contributed by atoms with Crippen LogP contribution in [0.5, 0.6) is 17.2 Å². The Morgan fingerprint density at radius 2 is 1.48 bits per heavy atom. The van der Waals surface area contributed by atoms with Crippen LogP contribution in [-0.4, -0.2) is 37.9 Å². The van der Waals surface area contributed by atoms with Crippen molar-refractivity contribution in [2.45, 2.75) is 0 Å². The van der Waals surface area contributed by atoms with E-state index in [9.17, 15) is 9.59 Å². The molecule has 0 unspecified atom stereocenters. The van der Waals surface area contributed by atoms with Crippen LogP contribution in [-0.2, 0) is 0 Å². The van der Waals surface area contributed by atoms with E-state index >= 15 is 0 Å². The van der Waals surface area contributed by atoms with E-state index < -0.39 is 0 Å². The van der Waals surface area contributed by atoms with E-state index in [2.05, 4.69) is 4.98 Å². The van der Waals surface area contributed by atoms with Crippen LogP contribution in [0.25, 0.3) is 11.3 Å². The van der Waals surface area contributed by atoms with Gasteiger partial charge in [0.15, 0.2) is 17.9 Å². The van der Waals surface area contributed by atoms with E-state index in [1.165, 1.54) is 40.0 Å². The number of fused-ring (bicyclic) bond motifs is 2. The first-order valence-electron chi connectivity index (χ1n) is 8.05. The van der Waals surface area contributed by atoms with E-state index in [0.29, 0.717) is 17.1 Å². The molecule has 0 N–H and O–H groups in total. The van der Waals surface area contributed by atoms with Crippen molar-refractivity contribution in [3.63, 3.8) is 0 Å². The maximum absolute atomic E-state index is 13.2. The summed E-state index contributed by atoms with van der Waals surface area (Å²) < 4.78 is 21.3. The molecule has 0 bridgehead atoms. The molecule has 0 saturated heterocycles. The van der Waals surface area contributed by atoms with Crippen molar-refractivity contribution in [1.82, 2.24) is 4.98 Å². The van der Waals surface area contributed by atoms with Gasteiger partial charge in [-0.1, -0.05) is 0 Å². The number of benzene rings is 2. The highest BCUT2D eigenvalue weighted by atomic mass is 16.5. The Balaban J connectivity index is 2.00. The van der Waals surface area contributed by atoms with Crippen molar-refractivity contribution >= 4 is 11.6 Å². The van der Waals surface area contributed by atoms with Crippen LogP contribution in [0, 0.1) is 0 Å². The number of nitrogens with zero attached hydrogens (tertiary/aromatic N) is 1. The van der Waals surface area contributed by atoms with Crippen LogP contribution in [0.2, 0.25) is 0 Å². The number of ether oxygens (including phenoxy) is 3. The van der Waals surface area contributed by atoms with Gasteiger partial charge in [-0.2, -0.15) is 0 Å². The molecule has 1 aliphatic carbocycles. The molecule has 0 amide bonds. The zero-order valence-electron chi connectivity index (χ0n) is 14.9. The SMILES string of the molecule is COc1cc(OC)c2c(c1)C(=O)c1cc(-c3cnco3)cc(OC)c1C2=O. The van der Waals surface area contributed by atoms with Gasteiger partial charge in [-0.3, -0.25) is 9.59 Å². The van der Waals surface area contributed by atoms with Gasteiger partial charge in [0.05, 0.1) is 38.7 Å². The highest BCUT2D eigenvalue weighted by molar-refractivity contribution is 6.30. The lowest BCUT2D eigenvalue weighted by molar-refractivity contribution is 0.0973. The third kappa shape index (κ3) is 2.47. The Hall–Kier alpha value is -3.61. The van der Waals surface area contributed by atoms with Gasteiger partial charge in [0, 0.05) is 22.8 Å². The first-order valence-corrected chi connectivity index (χ1v) is 8.05. The summed E-state index contributed by atoms with van der Waals surface area (Å²) in [5, 5.41) is 0. The van der Waals surface area contributed by atoms with Crippen molar-refractivity contribution in [2.75, 3.05) is 21.3 Å². The molecule has 7 heteroatoms. The van der Waals surface area contributed by atoms with E-state index in [1.54, 1.807) is 18.2 Å². The standard InChI is InChI=1S/C20H15NO6/c1-24-11-6-13-18(15(7-11)26-3)20(23)17-12(19(13)22)4-10(5-14(17)25-2)16-8-21-9-27-16/h4-9H,1-3H3. The fraction of sp³-hybridized carbons (Fsp3) is 0.150. The van der Waals surface area contributed by atoms with Crippen LogP contribution < -0.4 is 14.2 Å². The average Bonchev–Trinajstić information content (AvgIpc) is 3.24. The quantitative estimate of drug-likeness (QED) is 0.549. The number of hydrogen-bond acceptors (Lipinski definition) is 7. The lowest BCUT2D eigenvalue weighted by atomic mass is 9.82. The van der Waals surface area contributed by atoms with Gasteiger partial charge < -0.3 is 18.6 Å². The van der Waals surface area contributed by atoms with Gasteiger partial charge in [0.2, 0.25) is 5.78 Å². The average molecular weight is 365 g/mol. The van der Waals surface area contributed by atoms with E-state index in [0.717, 1.165) is 0 Å². The predicted octanol–water partition coefficient (Wildman–Crippen LogP) is 3.14. The molecule has 27 heavy (non-hydrogen) atoms. The molecule has 4 rings (SSSR count). The van der Waals surface area contributed by atoms with Crippen LogP contribution in [0.3, 0.4) is 0 Å². The molecular weight excluding hydrogens is 350 g/mol. The van der Waals surface area contributed by atoms with Crippen molar-refractivity contribution in [3.8, 4) is 28.6 Å². The van der Waals surface area contributed by atoms with Gasteiger partial charge in [-0.15, -0.1) is 0 Å². The fourth-order valence-corrected chi connectivity index (χ4v) is 3.24. The summed E-state index contributed by atoms with van der Waals surface area (Å²) in [6, 6.07) is 6.36. The van der Waals surface area contributed by atoms with Crippen molar-refractivity contribution < 1.29 is 28.2 Å². The fourth-order valence-electron chi connectivity index (χ4n) is 3.24. The molecule has 3 aromatic rings. The van der Waals surface area contributed by atoms with Gasteiger partial charge in [-0.05, 0) is 18.2 Å². The lowest BCUT2D eigenvalue weighted by Gasteiger charge is -2.22. The largest absolute Gasteiger partial charge is 0.497 e. The van der Waals surface area contributed by atoms with Crippen molar-refractivity contribution in [2.24, 2.45) is 0 Å². The normalized spacial score (nSPS) is 12.4. The Kier molecular flexibility index (Phi) is 3.92. The summed E-state index contributed by atoms with van der Waals surface area (Å²) in [5.74, 6) is 0.769. The summed E-state index contributed by atoms with van der Waals surface area (Å²) in [4.78, 5) is 30.3. The second-order valence-corrected chi connectivity index (χ2v) is 5.88. The summed E-state index contributed by atoms with van der Waals surface area (Å²) in [6.45, 7) is 0. The molecule has 7 nitrogen and oxygen atoms in total. The molecule has 136 valence electrons. The number of carbonyl (C=O) groups is 2. The summed E-state index contributed by atoms with van der Waals surface area (Å²) in [6.07, 6.45) is 2.82. The molecular formula is C20H15NO6. The third-order valence-electron chi connectivity index (χ3n) is 4.51. The van der Waals surface area contributed by atoms with E-state index in [-0.39, 0.29) is 45.3 Å². The molecule has 1 aliphatic rings. The van der Waals surface area contributed by atoms with Crippen LogP contribution in [0.15, 0.2) is 41.3 Å². The van der Waals surface area contributed by atoms with Gasteiger partial charge in [0.25, 0.3) is 0 Å². The molecule has 0 saturated carbocycles. The molecule has 1 heterocycles. The number of hydrogen-bond donors (Lipinski definition) is 0. The Morgan fingerprint density at radius 3 is 2.07 bits per heavy atom. The van der Waals surface area contributed by atoms with E-state index in [4.69, 9.17) is 18.6 Å². The topological polar surface area (TPSA) is 87.9 Å². The van der Waals surface area contributed by atoms with E-state index in [1.807, 2.05) is 0 Å². The maximum Gasteiger partial charge on any atom is 0.201 e. The maximum atomic E-state index is 13.2. The van der Waals surface area contributed by atoms with Crippen LogP contribution in [0.1, 0.15) is 31.8 Å². The number of oxazole rings is 1. The van der Waals surface area contributed by atoms with Crippen molar-refractivity contribution in [1.29, 1.82) is 0 Å². The second kappa shape index (κ2) is 6.28. The molecule has 0 atom stereocenters. The number of aromatic nitrogens is 1. The zero-order chi connectivity index (χ0) is 19.1. The molecule has 2 aromatic carbocycles.